The van der Waals surface area contributed by atoms with Gasteiger partial charge in [0.2, 0.25) is 5.91 Å². The molecule has 0 bridgehead atoms. The monoisotopic (exact) mass is 402 g/mol. The molecule has 4 nitrogen and oxygen atoms in total. The Balaban J connectivity index is 1.87. The van der Waals surface area contributed by atoms with Crippen molar-refractivity contribution >= 4 is 39.4 Å². The quantitative estimate of drug-likeness (QED) is 0.594. The van der Waals surface area contributed by atoms with Gasteiger partial charge in [0.15, 0.2) is 5.82 Å². The van der Waals surface area contributed by atoms with Gasteiger partial charge in [0.25, 0.3) is 0 Å². The van der Waals surface area contributed by atoms with Crippen LogP contribution >= 0.6 is 27.7 Å². The summed E-state index contributed by atoms with van der Waals surface area (Å²) < 4.78 is 5.97. The zero-order chi connectivity index (χ0) is 16.9. The Bertz CT molecular complexity index is 836. The minimum Gasteiger partial charge on any atom is -0.360 e. The number of aromatic nitrogens is 1. The second-order valence-electron chi connectivity index (χ2n) is 5.15. The molecule has 3 aromatic rings. The van der Waals surface area contributed by atoms with Crippen LogP contribution in [0, 0.1) is 6.92 Å². The molecular weight excluding hydrogens is 388 g/mol. The fraction of sp³-hybridized carbons (Fsp3) is 0.111. The maximum absolute atomic E-state index is 12.8. The molecule has 0 aliphatic carbocycles. The molecule has 1 atom stereocenters. The molecule has 0 saturated heterocycles. The van der Waals surface area contributed by atoms with E-state index < -0.39 is 5.25 Å². The largest absolute Gasteiger partial charge is 0.360 e. The van der Waals surface area contributed by atoms with Crippen LogP contribution in [0.4, 0.5) is 5.82 Å². The number of nitrogens with one attached hydrogen (secondary N) is 1. The van der Waals surface area contributed by atoms with Crippen LogP contribution in [0.15, 0.2) is 74.6 Å². The number of thioether (sulfide) groups is 1. The SMILES string of the molecule is Cc1cc(NC(=O)C(Sc2ccccc2Br)c2ccccc2)no1. The summed E-state index contributed by atoms with van der Waals surface area (Å²) in [6.45, 7) is 1.78. The van der Waals surface area contributed by atoms with E-state index in [0.717, 1.165) is 14.9 Å². The van der Waals surface area contributed by atoms with Crippen LogP contribution in [-0.4, -0.2) is 11.1 Å². The standard InChI is InChI=1S/C18H15BrN2O2S/c1-12-11-16(21-23-12)20-18(22)17(13-7-3-2-4-8-13)24-15-10-6-5-9-14(15)19/h2-11,17H,1H3,(H,20,21,22). The number of aryl methyl sites for hydroxylation is 1. The van der Waals surface area contributed by atoms with Crippen molar-refractivity contribution < 1.29 is 9.32 Å². The zero-order valence-corrected chi connectivity index (χ0v) is 15.3. The van der Waals surface area contributed by atoms with E-state index in [0.29, 0.717) is 11.6 Å². The van der Waals surface area contributed by atoms with Gasteiger partial charge in [0, 0.05) is 15.4 Å². The number of carbonyl (C=O) groups is 1. The molecule has 0 spiro atoms. The van der Waals surface area contributed by atoms with Gasteiger partial charge in [-0.25, -0.2) is 0 Å². The summed E-state index contributed by atoms with van der Waals surface area (Å²) in [6.07, 6.45) is 0. The van der Waals surface area contributed by atoms with Crippen molar-refractivity contribution in [2.75, 3.05) is 5.32 Å². The minimum atomic E-state index is -0.401. The number of benzene rings is 2. The molecular formula is C18H15BrN2O2S. The van der Waals surface area contributed by atoms with E-state index in [9.17, 15) is 4.79 Å². The van der Waals surface area contributed by atoms with Crippen LogP contribution in [0.3, 0.4) is 0 Å². The molecule has 6 heteroatoms. The lowest BCUT2D eigenvalue weighted by Crippen LogP contribution is -2.19. The maximum Gasteiger partial charge on any atom is 0.243 e. The predicted molar refractivity (Wildman–Crippen MR) is 99.1 cm³/mol. The van der Waals surface area contributed by atoms with E-state index >= 15 is 0 Å². The average molecular weight is 403 g/mol. The van der Waals surface area contributed by atoms with Gasteiger partial charge in [-0.3, -0.25) is 4.79 Å². The lowest BCUT2D eigenvalue weighted by Gasteiger charge is -2.16. The van der Waals surface area contributed by atoms with Gasteiger partial charge >= 0.3 is 0 Å². The fourth-order valence-corrected chi connectivity index (χ4v) is 3.80. The second-order valence-corrected chi connectivity index (χ2v) is 7.15. The Morgan fingerprint density at radius 2 is 1.88 bits per heavy atom. The summed E-state index contributed by atoms with van der Waals surface area (Å²) in [5.41, 5.74) is 0.927. The molecule has 2 aromatic carbocycles. The molecule has 0 aliphatic rings. The molecule has 0 fully saturated rings. The van der Waals surface area contributed by atoms with Crippen LogP contribution in [-0.2, 0) is 4.79 Å². The number of nitrogens with zero attached hydrogens (tertiary/aromatic N) is 1. The van der Waals surface area contributed by atoms with Gasteiger partial charge in [0.05, 0.1) is 0 Å². The third-order valence-corrected chi connectivity index (χ3v) is 5.59. The third-order valence-electron chi connectivity index (χ3n) is 3.30. The highest BCUT2D eigenvalue weighted by Crippen LogP contribution is 2.39. The molecule has 3 rings (SSSR count). The molecule has 1 unspecified atom stereocenters. The molecule has 0 radical (unpaired) electrons. The molecule has 1 heterocycles. The minimum absolute atomic E-state index is 0.143. The van der Waals surface area contributed by atoms with Crippen molar-refractivity contribution in [3.63, 3.8) is 0 Å². The van der Waals surface area contributed by atoms with Crippen LogP contribution in [0.5, 0.6) is 0 Å². The first-order valence-corrected chi connectivity index (χ1v) is 9.01. The second kappa shape index (κ2) is 7.68. The van der Waals surface area contributed by atoms with E-state index in [1.54, 1.807) is 13.0 Å². The van der Waals surface area contributed by atoms with Crippen LogP contribution in [0.2, 0.25) is 0 Å². The summed E-state index contributed by atoms with van der Waals surface area (Å²) in [4.78, 5) is 13.8. The van der Waals surface area contributed by atoms with Crippen LogP contribution in [0.1, 0.15) is 16.6 Å². The van der Waals surface area contributed by atoms with Gasteiger partial charge in [-0.15, -0.1) is 11.8 Å². The highest BCUT2D eigenvalue weighted by Gasteiger charge is 2.23. The van der Waals surface area contributed by atoms with Gasteiger partial charge in [-0.1, -0.05) is 47.6 Å². The van der Waals surface area contributed by atoms with E-state index in [1.165, 1.54) is 11.8 Å². The number of carbonyl (C=O) groups excluding carboxylic acids is 1. The number of amides is 1. The van der Waals surface area contributed by atoms with Crippen LogP contribution in [0.25, 0.3) is 0 Å². The van der Waals surface area contributed by atoms with Gasteiger partial charge < -0.3 is 9.84 Å². The van der Waals surface area contributed by atoms with Gasteiger partial charge in [-0.2, -0.15) is 0 Å². The Morgan fingerprint density at radius 1 is 1.17 bits per heavy atom. The number of hydrogen-bond donors (Lipinski definition) is 1. The van der Waals surface area contributed by atoms with Gasteiger partial charge in [0.1, 0.15) is 11.0 Å². The first-order chi connectivity index (χ1) is 11.6. The number of rotatable bonds is 5. The van der Waals surface area contributed by atoms with Crippen molar-refractivity contribution in [1.82, 2.24) is 5.16 Å². The topological polar surface area (TPSA) is 55.1 Å². The molecule has 24 heavy (non-hydrogen) atoms. The smallest absolute Gasteiger partial charge is 0.243 e. The number of hydrogen-bond acceptors (Lipinski definition) is 4. The first kappa shape index (κ1) is 16.8. The Morgan fingerprint density at radius 3 is 2.54 bits per heavy atom. The molecule has 122 valence electrons. The van der Waals surface area contributed by atoms with E-state index in [2.05, 4.69) is 26.4 Å². The molecule has 1 N–H and O–H groups in total. The van der Waals surface area contributed by atoms with E-state index in [-0.39, 0.29) is 5.91 Å². The predicted octanol–water partition coefficient (Wildman–Crippen LogP) is 5.22. The summed E-state index contributed by atoms with van der Waals surface area (Å²) in [6, 6.07) is 19.2. The zero-order valence-electron chi connectivity index (χ0n) is 12.9. The fourth-order valence-electron chi connectivity index (χ4n) is 2.19. The van der Waals surface area contributed by atoms with Gasteiger partial charge in [-0.05, 0) is 40.5 Å². The number of anilines is 1. The summed E-state index contributed by atoms with van der Waals surface area (Å²) in [5.74, 6) is 0.932. The normalized spacial score (nSPS) is 11.9. The summed E-state index contributed by atoms with van der Waals surface area (Å²) in [7, 11) is 0. The molecule has 0 aliphatic heterocycles. The average Bonchev–Trinajstić information content (AvgIpc) is 2.99. The summed E-state index contributed by atoms with van der Waals surface area (Å²) in [5, 5.41) is 6.25. The van der Waals surface area contributed by atoms with E-state index in [1.807, 2.05) is 54.6 Å². The van der Waals surface area contributed by atoms with Crippen molar-refractivity contribution in [3.05, 3.63) is 76.5 Å². The Kier molecular flexibility index (Phi) is 5.37. The van der Waals surface area contributed by atoms with Crippen molar-refractivity contribution in [2.24, 2.45) is 0 Å². The first-order valence-electron chi connectivity index (χ1n) is 7.34. The molecule has 0 saturated carbocycles. The highest BCUT2D eigenvalue weighted by molar-refractivity contribution is 9.10. The third kappa shape index (κ3) is 4.07. The lowest BCUT2D eigenvalue weighted by atomic mass is 10.1. The van der Waals surface area contributed by atoms with Crippen LogP contribution < -0.4 is 5.32 Å². The van der Waals surface area contributed by atoms with Crippen molar-refractivity contribution in [3.8, 4) is 0 Å². The Hall–Kier alpha value is -2.05. The van der Waals surface area contributed by atoms with Crippen molar-refractivity contribution in [2.45, 2.75) is 17.1 Å². The molecule has 1 aromatic heterocycles. The Labute approximate surface area is 152 Å². The molecule has 1 amide bonds. The highest BCUT2D eigenvalue weighted by atomic mass is 79.9. The lowest BCUT2D eigenvalue weighted by molar-refractivity contribution is -0.115. The van der Waals surface area contributed by atoms with E-state index in [4.69, 9.17) is 4.52 Å². The summed E-state index contributed by atoms with van der Waals surface area (Å²) >= 11 is 5.02. The van der Waals surface area contributed by atoms with Crippen molar-refractivity contribution in [1.29, 1.82) is 0 Å². The number of halogens is 1. The maximum atomic E-state index is 12.8.